The van der Waals surface area contributed by atoms with Crippen LogP contribution in [0.2, 0.25) is 0 Å². The van der Waals surface area contributed by atoms with Crippen LogP contribution in [0.4, 0.5) is 17.1 Å². The summed E-state index contributed by atoms with van der Waals surface area (Å²) < 4.78 is 0. The molecule has 0 amide bonds. The summed E-state index contributed by atoms with van der Waals surface area (Å²) in [5.74, 6) is 0. The molecule has 1 heteroatoms. The number of benzene rings is 5. The molecule has 33 heavy (non-hydrogen) atoms. The third-order valence-electron chi connectivity index (χ3n) is 5.67. The van der Waals surface area contributed by atoms with Gasteiger partial charge in [-0.15, -0.1) is 0 Å². The van der Waals surface area contributed by atoms with E-state index in [9.17, 15) is 0 Å². The maximum Gasteiger partial charge on any atom is 0.0462 e. The van der Waals surface area contributed by atoms with Gasteiger partial charge >= 0.3 is 0 Å². The number of hydrogen-bond acceptors (Lipinski definition) is 1. The summed E-state index contributed by atoms with van der Waals surface area (Å²) in [7, 11) is 0. The van der Waals surface area contributed by atoms with Gasteiger partial charge in [0.1, 0.15) is 0 Å². The standard InChI is InChI=1S/C32H25N/c1-4-10-28(11-5-1)29-22-18-26(19-23-29)16-17-27-20-24-32(25-21-27)33(30-12-6-2-7-13-30)31-14-8-3-9-15-31/h1-25H. The van der Waals surface area contributed by atoms with Crippen LogP contribution < -0.4 is 4.90 Å². The highest BCUT2D eigenvalue weighted by Crippen LogP contribution is 2.34. The predicted molar refractivity (Wildman–Crippen MR) is 142 cm³/mol. The van der Waals surface area contributed by atoms with Crippen LogP contribution in [-0.2, 0) is 0 Å². The second kappa shape index (κ2) is 9.84. The normalized spacial score (nSPS) is 10.9. The van der Waals surface area contributed by atoms with Gasteiger partial charge in [-0.3, -0.25) is 0 Å². The molecule has 0 fully saturated rings. The summed E-state index contributed by atoms with van der Waals surface area (Å²) in [6.45, 7) is 0. The Morgan fingerprint density at radius 3 is 1.18 bits per heavy atom. The molecule has 158 valence electrons. The highest BCUT2D eigenvalue weighted by molar-refractivity contribution is 5.78. The fourth-order valence-electron chi connectivity index (χ4n) is 3.95. The molecule has 0 radical (unpaired) electrons. The SMILES string of the molecule is C(=Cc1ccc(N(c2ccccc2)c2ccccc2)cc1)c1ccc(-c2ccccc2)cc1. The van der Waals surface area contributed by atoms with Gasteiger partial charge in [-0.05, 0) is 58.7 Å². The maximum atomic E-state index is 2.27. The topological polar surface area (TPSA) is 3.24 Å². The van der Waals surface area contributed by atoms with Gasteiger partial charge < -0.3 is 4.90 Å². The van der Waals surface area contributed by atoms with Gasteiger partial charge in [-0.1, -0.05) is 115 Å². The quantitative estimate of drug-likeness (QED) is 0.246. The molecular weight excluding hydrogens is 398 g/mol. The summed E-state index contributed by atoms with van der Waals surface area (Å²) in [6, 6.07) is 48.8. The van der Waals surface area contributed by atoms with Crippen molar-refractivity contribution < 1.29 is 0 Å². The molecule has 1 nitrogen and oxygen atoms in total. The van der Waals surface area contributed by atoms with Crippen LogP contribution in [0.1, 0.15) is 11.1 Å². The van der Waals surface area contributed by atoms with Gasteiger partial charge in [-0.2, -0.15) is 0 Å². The van der Waals surface area contributed by atoms with Crippen LogP contribution in [0.15, 0.2) is 140 Å². The van der Waals surface area contributed by atoms with E-state index < -0.39 is 0 Å². The van der Waals surface area contributed by atoms with Gasteiger partial charge in [0.2, 0.25) is 0 Å². The number of hydrogen-bond donors (Lipinski definition) is 0. The molecule has 0 saturated heterocycles. The van der Waals surface area contributed by atoms with Crippen molar-refractivity contribution in [3.8, 4) is 11.1 Å². The highest BCUT2D eigenvalue weighted by Gasteiger charge is 2.11. The summed E-state index contributed by atoms with van der Waals surface area (Å²) >= 11 is 0. The minimum atomic E-state index is 1.14. The van der Waals surface area contributed by atoms with E-state index in [0.717, 1.165) is 17.1 Å². The lowest BCUT2D eigenvalue weighted by atomic mass is 10.0. The van der Waals surface area contributed by atoms with Crippen molar-refractivity contribution in [2.45, 2.75) is 0 Å². The van der Waals surface area contributed by atoms with Gasteiger partial charge in [0, 0.05) is 17.1 Å². The molecule has 5 aromatic carbocycles. The van der Waals surface area contributed by atoms with E-state index in [1.165, 1.54) is 22.3 Å². The molecular formula is C32H25N. The number of para-hydroxylation sites is 2. The highest BCUT2D eigenvalue weighted by atomic mass is 15.1. The Kier molecular flexibility index (Phi) is 6.13. The van der Waals surface area contributed by atoms with E-state index in [4.69, 9.17) is 0 Å². The Bertz CT molecular complexity index is 1270. The molecule has 0 aromatic heterocycles. The second-order valence-corrected chi connectivity index (χ2v) is 7.92. The lowest BCUT2D eigenvalue weighted by Gasteiger charge is -2.25. The first-order chi connectivity index (χ1) is 16.4. The van der Waals surface area contributed by atoms with Crippen molar-refractivity contribution in [1.82, 2.24) is 0 Å². The molecule has 0 N–H and O–H groups in total. The van der Waals surface area contributed by atoms with Gasteiger partial charge in [0.05, 0.1) is 0 Å². The first-order valence-corrected chi connectivity index (χ1v) is 11.2. The average Bonchev–Trinajstić information content (AvgIpc) is 2.90. The lowest BCUT2D eigenvalue weighted by Crippen LogP contribution is -2.09. The maximum absolute atomic E-state index is 2.27. The van der Waals surface area contributed by atoms with Gasteiger partial charge in [-0.25, -0.2) is 0 Å². The largest absolute Gasteiger partial charge is 0.311 e. The average molecular weight is 424 g/mol. The van der Waals surface area contributed by atoms with Gasteiger partial charge in [0.25, 0.3) is 0 Å². The smallest absolute Gasteiger partial charge is 0.0462 e. The Balaban J connectivity index is 1.36. The van der Waals surface area contributed by atoms with Crippen LogP contribution >= 0.6 is 0 Å². The molecule has 0 saturated carbocycles. The molecule has 0 bridgehead atoms. The van der Waals surface area contributed by atoms with Crippen molar-refractivity contribution >= 4 is 29.2 Å². The third kappa shape index (κ3) is 4.94. The minimum absolute atomic E-state index is 1.14. The first kappa shape index (κ1) is 20.5. The molecule has 0 unspecified atom stereocenters. The van der Waals surface area contributed by atoms with Crippen LogP contribution in [-0.4, -0.2) is 0 Å². The minimum Gasteiger partial charge on any atom is -0.311 e. The fourth-order valence-corrected chi connectivity index (χ4v) is 3.95. The van der Waals surface area contributed by atoms with E-state index in [2.05, 4.69) is 138 Å². The molecule has 0 aliphatic heterocycles. The Morgan fingerprint density at radius 2 is 0.697 bits per heavy atom. The molecule has 0 spiro atoms. The van der Waals surface area contributed by atoms with Gasteiger partial charge in [0.15, 0.2) is 0 Å². The number of anilines is 3. The summed E-state index contributed by atoms with van der Waals surface area (Å²) in [5.41, 5.74) is 8.26. The molecule has 0 aliphatic rings. The van der Waals surface area contributed by atoms with Crippen molar-refractivity contribution in [2.75, 3.05) is 4.90 Å². The summed E-state index contributed by atoms with van der Waals surface area (Å²) in [6.07, 6.45) is 4.33. The third-order valence-corrected chi connectivity index (χ3v) is 5.67. The zero-order valence-corrected chi connectivity index (χ0v) is 18.4. The molecule has 5 aromatic rings. The van der Waals surface area contributed by atoms with Crippen LogP contribution in [0.3, 0.4) is 0 Å². The summed E-state index contributed by atoms with van der Waals surface area (Å²) in [4.78, 5) is 2.27. The molecule has 0 heterocycles. The summed E-state index contributed by atoms with van der Waals surface area (Å²) in [5, 5.41) is 0. The van der Waals surface area contributed by atoms with E-state index in [1.807, 2.05) is 18.2 Å². The number of nitrogens with zero attached hydrogens (tertiary/aromatic N) is 1. The van der Waals surface area contributed by atoms with Crippen LogP contribution in [0.25, 0.3) is 23.3 Å². The lowest BCUT2D eigenvalue weighted by molar-refractivity contribution is 1.28. The van der Waals surface area contributed by atoms with Crippen molar-refractivity contribution in [3.05, 3.63) is 151 Å². The zero-order chi connectivity index (χ0) is 22.3. The van der Waals surface area contributed by atoms with E-state index in [1.54, 1.807) is 0 Å². The van der Waals surface area contributed by atoms with E-state index >= 15 is 0 Å². The zero-order valence-electron chi connectivity index (χ0n) is 18.4. The predicted octanol–water partition coefficient (Wildman–Crippen LogP) is 8.99. The van der Waals surface area contributed by atoms with Crippen molar-refractivity contribution in [3.63, 3.8) is 0 Å². The Labute approximate surface area is 195 Å². The van der Waals surface area contributed by atoms with E-state index in [0.29, 0.717) is 0 Å². The second-order valence-electron chi connectivity index (χ2n) is 7.92. The number of rotatable bonds is 6. The monoisotopic (exact) mass is 423 g/mol. The van der Waals surface area contributed by atoms with E-state index in [-0.39, 0.29) is 0 Å². The molecule has 5 rings (SSSR count). The molecule has 0 aliphatic carbocycles. The first-order valence-electron chi connectivity index (χ1n) is 11.2. The van der Waals surface area contributed by atoms with Crippen molar-refractivity contribution in [2.24, 2.45) is 0 Å². The fraction of sp³-hybridized carbons (Fsp3) is 0. The van der Waals surface area contributed by atoms with Crippen LogP contribution in [0, 0.1) is 0 Å². The Morgan fingerprint density at radius 1 is 0.333 bits per heavy atom. The van der Waals surface area contributed by atoms with Crippen LogP contribution in [0.5, 0.6) is 0 Å². The Hall–Kier alpha value is -4.36. The molecule has 0 atom stereocenters. The van der Waals surface area contributed by atoms with Crippen molar-refractivity contribution in [1.29, 1.82) is 0 Å².